The van der Waals surface area contributed by atoms with Crippen LogP contribution in [-0.2, 0) is 4.74 Å². The van der Waals surface area contributed by atoms with Crippen molar-refractivity contribution < 1.29 is 18.3 Å². The molecule has 0 aliphatic rings. The highest BCUT2D eigenvalue weighted by Gasteiger charge is 2.22. The van der Waals surface area contributed by atoms with E-state index in [0.29, 0.717) is 11.8 Å². The lowest BCUT2D eigenvalue weighted by Gasteiger charge is -2.26. The van der Waals surface area contributed by atoms with Crippen LogP contribution in [0, 0.1) is 0 Å². The van der Waals surface area contributed by atoms with Crippen LogP contribution in [0.4, 0.5) is 19.3 Å². The SMILES string of the molecule is CC(C)(C)OC(=O)N(CC=C(F)F)c1ccccc1. The minimum absolute atomic E-state index is 0.235. The average molecular weight is 269 g/mol. The Balaban J connectivity index is 2.93. The van der Waals surface area contributed by atoms with Gasteiger partial charge in [-0.1, -0.05) is 18.2 Å². The van der Waals surface area contributed by atoms with Crippen molar-refractivity contribution in [3.8, 4) is 0 Å². The fourth-order valence-electron chi connectivity index (χ4n) is 1.37. The molecule has 0 fully saturated rings. The van der Waals surface area contributed by atoms with Crippen molar-refractivity contribution in [1.82, 2.24) is 0 Å². The molecule has 5 heteroatoms. The maximum Gasteiger partial charge on any atom is 0.415 e. The molecule has 19 heavy (non-hydrogen) atoms. The molecule has 0 heterocycles. The second-order valence-corrected chi connectivity index (χ2v) is 4.92. The molecule has 0 bridgehead atoms. The summed E-state index contributed by atoms with van der Waals surface area (Å²) >= 11 is 0. The Hall–Kier alpha value is -1.91. The van der Waals surface area contributed by atoms with E-state index in [1.54, 1.807) is 51.1 Å². The Bertz CT molecular complexity index is 448. The lowest BCUT2D eigenvalue weighted by molar-refractivity contribution is 0.0584. The summed E-state index contributed by atoms with van der Waals surface area (Å²) in [6.45, 7) is 4.93. The molecular weight excluding hydrogens is 252 g/mol. The third-order valence-corrected chi connectivity index (χ3v) is 2.11. The van der Waals surface area contributed by atoms with Crippen LogP contribution in [0.15, 0.2) is 42.5 Å². The molecule has 0 radical (unpaired) electrons. The van der Waals surface area contributed by atoms with Crippen LogP contribution in [0.3, 0.4) is 0 Å². The third-order valence-electron chi connectivity index (χ3n) is 2.11. The van der Waals surface area contributed by atoms with Gasteiger partial charge < -0.3 is 4.74 Å². The summed E-state index contributed by atoms with van der Waals surface area (Å²) in [5.74, 6) is 0. The van der Waals surface area contributed by atoms with Crippen LogP contribution in [0.1, 0.15) is 20.8 Å². The van der Waals surface area contributed by atoms with Gasteiger partial charge >= 0.3 is 6.09 Å². The summed E-state index contributed by atoms with van der Waals surface area (Å²) in [6.07, 6.45) is -1.81. The molecule has 3 nitrogen and oxygen atoms in total. The first-order chi connectivity index (χ1) is 8.79. The largest absolute Gasteiger partial charge is 0.443 e. The first-order valence-electron chi connectivity index (χ1n) is 5.86. The Morgan fingerprint density at radius 2 is 1.84 bits per heavy atom. The van der Waals surface area contributed by atoms with Gasteiger partial charge in [0.25, 0.3) is 6.08 Å². The molecule has 1 rings (SSSR count). The maximum atomic E-state index is 12.2. The van der Waals surface area contributed by atoms with Gasteiger partial charge in [-0.2, -0.15) is 8.78 Å². The first-order valence-corrected chi connectivity index (χ1v) is 5.86. The number of nitrogens with zero attached hydrogens (tertiary/aromatic N) is 1. The zero-order valence-corrected chi connectivity index (χ0v) is 11.2. The van der Waals surface area contributed by atoms with Gasteiger partial charge in [-0.15, -0.1) is 0 Å². The molecule has 0 atom stereocenters. The minimum atomic E-state index is -1.83. The van der Waals surface area contributed by atoms with Crippen LogP contribution >= 0.6 is 0 Å². The van der Waals surface area contributed by atoms with Gasteiger partial charge in [0.1, 0.15) is 5.60 Å². The van der Waals surface area contributed by atoms with Crippen molar-refractivity contribution in [2.75, 3.05) is 11.4 Å². The average Bonchev–Trinajstić information content (AvgIpc) is 2.27. The van der Waals surface area contributed by atoms with Crippen molar-refractivity contribution in [2.45, 2.75) is 26.4 Å². The van der Waals surface area contributed by atoms with E-state index >= 15 is 0 Å². The van der Waals surface area contributed by atoms with Gasteiger partial charge in [-0.05, 0) is 32.9 Å². The summed E-state index contributed by atoms with van der Waals surface area (Å²) < 4.78 is 29.6. The number of rotatable bonds is 3. The van der Waals surface area contributed by atoms with E-state index < -0.39 is 17.8 Å². The second-order valence-electron chi connectivity index (χ2n) is 4.92. The van der Waals surface area contributed by atoms with Gasteiger partial charge in [-0.25, -0.2) is 4.79 Å². The summed E-state index contributed by atoms with van der Waals surface area (Å²) in [4.78, 5) is 13.2. The van der Waals surface area contributed by atoms with Crippen LogP contribution < -0.4 is 4.90 Å². The van der Waals surface area contributed by atoms with E-state index in [-0.39, 0.29) is 6.54 Å². The fourth-order valence-corrected chi connectivity index (χ4v) is 1.37. The predicted molar refractivity (Wildman–Crippen MR) is 70.3 cm³/mol. The van der Waals surface area contributed by atoms with Gasteiger partial charge in [0.05, 0.1) is 6.54 Å². The third kappa shape index (κ3) is 5.50. The number of hydrogen-bond acceptors (Lipinski definition) is 2. The van der Waals surface area contributed by atoms with E-state index in [2.05, 4.69) is 0 Å². The Morgan fingerprint density at radius 1 is 1.26 bits per heavy atom. The standard InChI is InChI=1S/C14H17F2NO2/c1-14(2,3)19-13(18)17(10-9-12(15)16)11-7-5-4-6-8-11/h4-9H,10H2,1-3H3. The lowest BCUT2D eigenvalue weighted by Crippen LogP contribution is -2.37. The van der Waals surface area contributed by atoms with E-state index in [1.165, 1.54) is 0 Å². The number of anilines is 1. The number of ether oxygens (including phenoxy) is 1. The maximum absolute atomic E-state index is 12.2. The van der Waals surface area contributed by atoms with E-state index in [0.717, 1.165) is 4.90 Å². The summed E-state index contributed by atoms with van der Waals surface area (Å²) in [5.41, 5.74) is -0.170. The lowest BCUT2D eigenvalue weighted by atomic mass is 10.2. The Labute approximate surface area is 111 Å². The van der Waals surface area contributed by atoms with Crippen molar-refractivity contribution in [2.24, 2.45) is 0 Å². The number of hydrogen-bond donors (Lipinski definition) is 0. The predicted octanol–water partition coefficient (Wildman–Crippen LogP) is 4.21. The van der Waals surface area contributed by atoms with E-state index in [4.69, 9.17) is 4.74 Å². The number of carbonyl (C=O) groups excluding carboxylic acids is 1. The molecule has 0 aliphatic carbocycles. The zero-order valence-electron chi connectivity index (χ0n) is 11.2. The second kappa shape index (κ2) is 6.31. The molecular formula is C14H17F2NO2. The monoisotopic (exact) mass is 269 g/mol. The molecule has 1 amide bonds. The van der Waals surface area contributed by atoms with Crippen LogP contribution in [0.2, 0.25) is 0 Å². The number of benzene rings is 1. The van der Waals surface area contributed by atoms with Gasteiger partial charge in [-0.3, -0.25) is 4.90 Å². The molecule has 0 aliphatic heterocycles. The molecule has 0 aromatic heterocycles. The Morgan fingerprint density at radius 3 is 2.32 bits per heavy atom. The molecule has 0 N–H and O–H groups in total. The van der Waals surface area contributed by atoms with Gasteiger partial charge in [0.2, 0.25) is 0 Å². The normalized spacial score (nSPS) is 10.8. The quantitative estimate of drug-likeness (QED) is 0.822. The number of para-hydroxylation sites is 1. The minimum Gasteiger partial charge on any atom is -0.443 e. The molecule has 0 spiro atoms. The van der Waals surface area contributed by atoms with Crippen LogP contribution in [-0.4, -0.2) is 18.2 Å². The fraction of sp³-hybridized carbons (Fsp3) is 0.357. The molecule has 1 aromatic rings. The van der Waals surface area contributed by atoms with Crippen molar-refractivity contribution in [1.29, 1.82) is 0 Å². The van der Waals surface area contributed by atoms with Crippen LogP contribution in [0.5, 0.6) is 0 Å². The van der Waals surface area contributed by atoms with E-state index in [1.807, 2.05) is 0 Å². The van der Waals surface area contributed by atoms with Crippen LogP contribution in [0.25, 0.3) is 0 Å². The molecule has 1 aromatic carbocycles. The topological polar surface area (TPSA) is 29.5 Å². The van der Waals surface area contributed by atoms with Crippen molar-refractivity contribution in [3.05, 3.63) is 42.5 Å². The molecule has 0 unspecified atom stereocenters. The molecule has 0 saturated heterocycles. The van der Waals surface area contributed by atoms with Crippen molar-refractivity contribution >= 4 is 11.8 Å². The van der Waals surface area contributed by atoms with E-state index in [9.17, 15) is 13.6 Å². The zero-order chi connectivity index (χ0) is 14.5. The first kappa shape index (κ1) is 15.1. The Kier molecular flexibility index (Phi) is 5.03. The summed E-state index contributed by atoms with van der Waals surface area (Å²) in [7, 11) is 0. The summed E-state index contributed by atoms with van der Waals surface area (Å²) in [5, 5.41) is 0. The highest BCUT2D eigenvalue weighted by molar-refractivity contribution is 5.88. The highest BCUT2D eigenvalue weighted by Crippen LogP contribution is 2.18. The number of carbonyl (C=O) groups is 1. The van der Waals surface area contributed by atoms with Crippen molar-refractivity contribution in [3.63, 3.8) is 0 Å². The van der Waals surface area contributed by atoms with Gasteiger partial charge in [0.15, 0.2) is 0 Å². The number of halogens is 2. The van der Waals surface area contributed by atoms with Gasteiger partial charge in [0, 0.05) is 11.8 Å². The molecule has 0 saturated carbocycles. The molecule has 104 valence electrons. The highest BCUT2D eigenvalue weighted by atomic mass is 19.3. The smallest absolute Gasteiger partial charge is 0.415 e. The summed E-state index contributed by atoms with van der Waals surface area (Å²) in [6, 6.07) is 8.55. The number of amides is 1.